The summed E-state index contributed by atoms with van der Waals surface area (Å²) in [7, 11) is 2.04. The van der Waals surface area contributed by atoms with Crippen molar-refractivity contribution in [2.24, 2.45) is 7.05 Å². The summed E-state index contributed by atoms with van der Waals surface area (Å²) in [6.07, 6.45) is 8.82. The summed E-state index contributed by atoms with van der Waals surface area (Å²) in [5.74, 6) is 0. The van der Waals surface area contributed by atoms with Crippen molar-refractivity contribution >= 4 is 0 Å². The number of hydrogen-bond donors (Lipinski definition) is 0. The molecule has 0 saturated heterocycles. The van der Waals surface area contributed by atoms with Crippen LogP contribution in [0.1, 0.15) is 19.8 Å². The van der Waals surface area contributed by atoms with Crippen LogP contribution in [0.15, 0.2) is 18.7 Å². The third kappa shape index (κ3) is 3.71. The smallest absolute Gasteiger partial charge is 0.240 e. The molecular weight excluding hydrogens is 220 g/mol. The van der Waals surface area contributed by atoms with E-state index in [9.17, 15) is 0 Å². The topological polar surface area (TPSA) is 8.81 Å². The van der Waals surface area contributed by atoms with Gasteiger partial charge in [-0.3, -0.25) is 0 Å². The Morgan fingerprint density at radius 2 is 2.18 bits per heavy atom. The number of rotatable bonds is 3. The average molecular weight is 235 g/mol. The van der Waals surface area contributed by atoms with E-state index in [2.05, 4.69) is 34.8 Å². The second kappa shape index (κ2) is 5.54. The molecule has 1 aromatic rings. The van der Waals surface area contributed by atoms with Gasteiger partial charge in [-0.25, -0.2) is 9.13 Å². The van der Waals surface area contributed by atoms with Gasteiger partial charge in [0.2, 0.25) is 6.33 Å². The Labute approximate surface area is 82.5 Å². The van der Waals surface area contributed by atoms with E-state index in [0.717, 1.165) is 6.54 Å². The molecule has 0 aliphatic rings. The van der Waals surface area contributed by atoms with E-state index in [1.165, 1.54) is 12.8 Å². The largest absolute Gasteiger partial charge is 0.243 e. The SMILES string of the molecule is CCCCn1cc[n+](C)c1.[Mo]. The first kappa shape index (κ1) is 10.9. The summed E-state index contributed by atoms with van der Waals surface area (Å²) >= 11 is 0. The second-order valence-corrected chi connectivity index (χ2v) is 2.67. The van der Waals surface area contributed by atoms with Gasteiger partial charge in [-0.2, -0.15) is 0 Å². The van der Waals surface area contributed by atoms with E-state index in [0.29, 0.717) is 0 Å². The van der Waals surface area contributed by atoms with Gasteiger partial charge in [0.1, 0.15) is 12.4 Å². The minimum atomic E-state index is 0. The van der Waals surface area contributed by atoms with Crippen molar-refractivity contribution in [2.45, 2.75) is 26.3 Å². The van der Waals surface area contributed by atoms with Crippen LogP contribution in [0, 0.1) is 0 Å². The third-order valence-electron chi connectivity index (χ3n) is 1.59. The molecule has 3 heteroatoms. The Hall–Kier alpha value is -0.102. The van der Waals surface area contributed by atoms with Gasteiger partial charge in [0, 0.05) is 21.1 Å². The molecule has 2 nitrogen and oxygen atoms in total. The summed E-state index contributed by atoms with van der Waals surface area (Å²) in [4.78, 5) is 0. The Morgan fingerprint density at radius 1 is 1.45 bits per heavy atom. The van der Waals surface area contributed by atoms with Crippen LogP contribution >= 0.6 is 0 Å². The zero-order valence-electron chi connectivity index (χ0n) is 7.16. The van der Waals surface area contributed by atoms with Crippen LogP contribution in [0.5, 0.6) is 0 Å². The molecule has 0 atom stereocenters. The molecule has 0 radical (unpaired) electrons. The van der Waals surface area contributed by atoms with Gasteiger partial charge in [0.15, 0.2) is 0 Å². The molecule has 0 amide bonds. The summed E-state index contributed by atoms with van der Waals surface area (Å²) < 4.78 is 4.28. The molecule has 0 N–H and O–H groups in total. The molecule has 0 bridgehead atoms. The predicted octanol–water partition coefficient (Wildman–Crippen LogP) is 1.11. The monoisotopic (exact) mass is 237 g/mol. The van der Waals surface area contributed by atoms with Gasteiger partial charge in [0.05, 0.1) is 13.6 Å². The van der Waals surface area contributed by atoms with Crippen LogP contribution in [-0.4, -0.2) is 4.57 Å². The molecular formula is C8H15MoN2+. The summed E-state index contributed by atoms with van der Waals surface area (Å²) in [5.41, 5.74) is 0. The quantitative estimate of drug-likeness (QED) is 0.548. The average Bonchev–Trinajstić information content (AvgIpc) is 2.31. The van der Waals surface area contributed by atoms with Crippen molar-refractivity contribution in [2.75, 3.05) is 0 Å². The van der Waals surface area contributed by atoms with Gasteiger partial charge < -0.3 is 0 Å². The first-order valence-electron chi connectivity index (χ1n) is 3.84. The molecule has 0 saturated carbocycles. The number of imidazole rings is 1. The van der Waals surface area contributed by atoms with Gasteiger partial charge in [-0.15, -0.1) is 0 Å². The summed E-state index contributed by atoms with van der Waals surface area (Å²) in [6, 6.07) is 0. The van der Waals surface area contributed by atoms with Crippen molar-refractivity contribution in [1.29, 1.82) is 0 Å². The van der Waals surface area contributed by atoms with Gasteiger partial charge in [-0.05, 0) is 6.42 Å². The predicted molar refractivity (Wildman–Crippen MR) is 40.5 cm³/mol. The Balaban J connectivity index is 0.000001000. The van der Waals surface area contributed by atoms with Crippen LogP contribution in [0.2, 0.25) is 0 Å². The molecule has 62 valence electrons. The number of nitrogens with zero attached hydrogens (tertiary/aromatic N) is 2. The Morgan fingerprint density at radius 3 is 2.64 bits per heavy atom. The van der Waals surface area contributed by atoms with Crippen LogP contribution in [0.25, 0.3) is 0 Å². The van der Waals surface area contributed by atoms with Crippen molar-refractivity contribution in [3.8, 4) is 0 Å². The molecule has 0 fully saturated rings. The van der Waals surface area contributed by atoms with Crippen LogP contribution in [0.4, 0.5) is 0 Å². The van der Waals surface area contributed by atoms with Crippen molar-refractivity contribution in [1.82, 2.24) is 4.57 Å². The van der Waals surface area contributed by atoms with E-state index in [4.69, 9.17) is 0 Å². The number of hydrogen-bond acceptors (Lipinski definition) is 0. The van der Waals surface area contributed by atoms with Crippen molar-refractivity contribution in [3.05, 3.63) is 18.7 Å². The normalized spacial score (nSPS) is 9.27. The summed E-state index contributed by atoms with van der Waals surface area (Å²) in [5, 5.41) is 0. The standard InChI is InChI=1S/C8H15N2.Mo/c1-3-4-5-10-7-6-9(2)8-10;/h6-8H,3-5H2,1-2H3;/q+1;. The maximum atomic E-state index is 2.21. The molecule has 0 aliphatic carbocycles. The van der Waals surface area contributed by atoms with Gasteiger partial charge >= 0.3 is 0 Å². The van der Waals surface area contributed by atoms with Crippen molar-refractivity contribution in [3.63, 3.8) is 0 Å². The fourth-order valence-corrected chi connectivity index (χ4v) is 0.975. The first-order chi connectivity index (χ1) is 4.83. The summed E-state index contributed by atoms with van der Waals surface area (Å²) in [6.45, 7) is 3.36. The number of aromatic nitrogens is 2. The minimum Gasteiger partial charge on any atom is -0.240 e. The molecule has 0 unspecified atom stereocenters. The van der Waals surface area contributed by atoms with Gasteiger partial charge in [0.25, 0.3) is 0 Å². The van der Waals surface area contributed by atoms with Crippen LogP contribution in [0.3, 0.4) is 0 Å². The second-order valence-electron chi connectivity index (χ2n) is 2.67. The molecule has 1 aromatic heterocycles. The molecule has 0 aromatic carbocycles. The molecule has 0 aliphatic heterocycles. The zero-order chi connectivity index (χ0) is 7.40. The molecule has 1 rings (SSSR count). The van der Waals surface area contributed by atoms with E-state index < -0.39 is 0 Å². The third-order valence-corrected chi connectivity index (χ3v) is 1.59. The molecule has 0 spiro atoms. The van der Waals surface area contributed by atoms with Gasteiger partial charge in [-0.1, -0.05) is 13.3 Å². The fourth-order valence-electron chi connectivity index (χ4n) is 0.975. The fraction of sp³-hybridized carbons (Fsp3) is 0.625. The maximum absolute atomic E-state index is 2.21. The van der Waals surface area contributed by atoms with E-state index in [-0.39, 0.29) is 21.1 Å². The van der Waals surface area contributed by atoms with Crippen molar-refractivity contribution < 1.29 is 25.6 Å². The molecule has 11 heavy (non-hydrogen) atoms. The van der Waals surface area contributed by atoms with Crippen LogP contribution < -0.4 is 4.57 Å². The Kier molecular flexibility index (Phi) is 5.48. The number of unbranched alkanes of at least 4 members (excludes halogenated alkanes) is 1. The minimum absolute atomic E-state index is 0. The van der Waals surface area contributed by atoms with E-state index in [1.54, 1.807) is 0 Å². The zero-order valence-corrected chi connectivity index (χ0v) is 9.16. The number of aryl methyl sites for hydroxylation is 2. The first-order valence-corrected chi connectivity index (χ1v) is 3.84. The van der Waals surface area contributed by atoms with E-state index >= 15 is 0 Å². The maximum Gasteiger partial charge on any atom is 0.243 e. The van der Waals surface area contributed by atoms with E-state index in [1.807, 2.05) is 7.05 Å². The molecule has 1 heterocycles. The van der Waals surface area contributed by atoms with Crippen LogP contribution in [-0.2, 0) is 34.7 Å². The Bertz CT molecular complexity index is 196.